The number of isocyanates is 1. The van der Waals surface area contributed by atoms with E-state index in [0.717, 1.165) is 11.9 Å². The monoisotopic (exact) mass is 196 g/mol. The molecule has 1 rings (SSSR count). The van der Waals surface area contributed by atoms with Crippen molar-refractivity contribution >= 4 is 23.7 Å². The van der Waals surface area contributed by atoms with Crippen molar-refractivity contribution < 1.29 is 9.72 Å². The van der Waals surface area contributed by atoms with Crippen molar-refractivity contribution in [3.05, 3.63) is 34.4 Å². The van der Waals surface area contributed by atoms with Crippen LogP contribution >= 0.6 is 11.9 Å². The van der Waals surface area contributed by atoms with Crippen LogP contribution in [-0.4, -0.2) is 11.0 Å². The Balaban J connectivity index is 3.04. The molecule has 0 spiro atoms. The molecule has 0 aliphatic heterocycles. The summed E-state index contributed by atoms with van der Waals surface area (Å²) in [5, 5.41) is 10.4. The van der Waals surface area contributed by atoms with Gasteiger partial charge in [-0.3, -0.25) is 10.1 Å². The maximum Gasteiger partial charge on any atom is 0.284 e. The van der Waals surface area contributed by atoms with Crippen molar-refractivity contribution in [3.8, 4) is 0 Å². The van der Waals surface area contributed by atoms with E-state index < -0.39 is 4.92 Å². The summed E-state index contributed by atoms with van der Waals surface area (Å²) in [5.74, 6) is 0. The number of hydrogen-bond acceptors (Lipinski definition) is 5. The Kier molecular flexibility index (Phi) is 3.19. The van der Waals surface area contributed by atoms with Crippen LogP contribution in [-0.2, 0) is 4.79 Å². The summed E-state index contributed by atoms with van der Waals surface area (Å²) in [4.78, 5) is 20.0. The SMILES string of the molecule is O=C=NSc1ccccc1[N+](=O)[O-]. The minimum Gasteiger partial charge on any atom is -0.258 e. The summed E-state index contributed by atoms with van der Waals surface area (Å²) in [6.07, 6.45) is 1.30. The molecule has 0 aliphatic rings. The van der Waals surface area contributed by atoms with Gasteiger partial charge in [-0.2, -0.15) is 0 Å². The molecule has 0 N–H and O–H groups in total. The highest BCUT2D eigenvalue weighted by Gasteiger charge is 2.11. The Morgan fingerprint density at radius 3 is 2.77 bits per heavy atom. The molecular formula is C7H4N2O3S. The fourth-order valence-corrected chi connectivity index (χ4v) is 1.26. The van der Waals surface area contributed by atoms with Gasteiger partial charge in [0.25, 0.3) is 5.69 Å². The predicted octanol–water partition coefficient (Wildman–Crippen LogP) is 1.94. The zero-order chi connectivity index (χ0) is 9.68. The molecule has 0 amide bonds. The Bertz CT molecular complexity index is 374. The summed E-state index contributed by atoms with van der Waals surface area (Å²) < 4.78 is 3.19. The lowest BCUT2D eigenvalue weighted by Crippen LogP contribution is -1.88. The van der Waals surface area contributed by atoms with E-state index in [1.807, 2.05) is 0 Å². The van der Waals surface area contributed by atoms with Gasteiger partial charge in [0.2, 0.25) is 6.08 Å². The lowest BCUT2D eigenvalue weighted by atomic mass is 10.3. The average molecular weight is 196 g/mol. The minimum atomic E-state index is -0.525. The third-order valence-corrected chi connectivity index (χ3v) is 1.95. The summed E-state index contributed by atoms with van der Waals surface area (Å²) in [7, 11) is 0. The number of nitro benzene ring substituents is 1. The molecule has 0 fully saturated rings. The molecule has 0 heterocycles. The Hall–Kier alpha value is -1.65. The second-order valence-electron chi connectivity index (χ2n) is 2.00. The van der Waals surface area contributed by atoms with Crippen LogP contribution in [0.25, 0.3) is 0 Å². The number of rotatable bonds is 3. The summed E-state index contributed by atoms with van der Waals surface area (Å²) in [6, 6.07) is 6.05. The lowest BCUT2D eigenvalue weighted by molar-refractivity contribution is -0.387. The highest BCUT2D eigenvalue weighted by molar-refractivity contribution is 7.98. The molecule has 0 saturated carbocycles. The molecular weight excluding hydrogens is 192 g/mol. The van der Waals surface area contributed by atoms with E-state index in [9.17, 15) is 14.9 Å². The molecule has 13 heavy (non-hydrogen) atoms. The third kappa shape index (κ3) is 2.40. The number of benzene rings is 1. The zero-order valence-electron chi connectivity index (χ0n) is 6.34. The van der Waals surface area contributed by atoms with Crippen LogP contribution in [0.15, 0.2) is 33.6 Å². The molecule has 0 bridgehead atoms. The first-order valence-electron chi connectivity index (χ1n) is 3.23. The Morgan fingerprint density at radius 2 is 2.15 bits per heavy atom. The van der Waals surface area contributed by atoms with Gasteiger partial charge in [-0.05, 0) is 6.07 Å². The average Bonchev–Trinajstić information content (AvgIpc) is 2.15. The first kappa shape index (κ1) is 9.44. The zero-order valence-corrected chi connectivity index (χ0v) is 7.15. The lowest BCUT2D eigenvalue weighted by Gasteiger charge is -1.95. The Morgan fingerprint density at radius 1 is 1.46 bits per heavy atom. The van der Waals surface area contributed by atoms with Crippen molar-refractivity contribution in [3.63, 3.8) is 0 Å². The van der Waals surface area contributed by atoms with Gasteiger partial charge >= 0.3 is 0 Å². The van der Waals surface area contributed by atoms with Crippen molar-refractivity contribution in [2.45, 2.75) is 4.90 Å². The first-order chi connectivity index (χ1) is 6.25. The van der Waals surface area contributed by atoms with Crippen LogP contribution in [0, 0.1) is 10.1 Å². The highest BCUT2D eigenvalue weighted by atomic mass is 32.2. The van der Waals surface area contributed by atoms with Gasteiger partial charge in [-0.25, -0.2) is 4.79 Å². The second-order valence-corrected chi connectivity index (χ2v) is 2.80. The van der Waals surface area contributed by atoms with Crippen LogP contribution in [0.2, 0.25) is 0 Å². The van der Waals surface area contributed by atoms with Crippen molar-refractivity contribution in [1.29, 1.82) is 0 Å². The first-order valence-corrected chi connectivity index (χ1v) is 4.00. The predicted molar refractivity (Wildman–Crippen MR) is 47.1 cm³/mol. The minimum absolute atomic E-state index is 0.0634. The quantitative estimate of drug-likeness (QED) is 0.243. The molecule has 66 valence electrons. The molecule has 0 unspecified atom stereocenters. The van der Waals surface area contributed by atoms with Crippen LogP contribution < -0.4 is 0 Å². The van der Waals surface area contributed by atoms with Crippen LogP contribution in [0.1, 0.15) is 0 Å². The van der Waals surface area contributed by atoms with E-state index in [1.54, 1.807) is 12.1 Å². The van der Waals surface area contributed by atoms with E-state index in [4.69, 9.17) is 0 Å². The van der Waals surface area contributed by atoms with E-state index in [1.165, 1.54) is 18.2 Å². The maximum atomic E-state index is 10.4. The van der Waals surface area contributed by atoms with Gasteiger partial charge in [0.15, 0.2) is 0 Å². The fourth-order valence-electron chi connectivity index (χ4n) is 0.753. The van der Waals surface area contributed by atoms with Crippen molar-refractivity contribution in [2.24, 2.45) is 4.40 Å². The molecule has 5 nitrogen and oxygen atoms in total. The normalized spacial score (nSPS) is 8.92. The number of hydrogen-bond donors (Lipinski definition) is 0. The molecule has 6 heteroatoms. The number of para-hydroxylation sites is 1. The smallest absolute Gasteiger partial charge is 0.258 e. The maximum absolute atomic E-state index is 10.4. The van der Waals surface area contributed by atoms with Crippen molar-refractivity contribution in [1.82, 2.24) is 0 Å². The van der Waals surface area contributed by atoms with E-state index in [0.29, 0.717) is 4.90 Å². The molecule has 1 aromatic carbocycles. The summed E-state index contributed by atoms with van der Waals surface area (Å²) in [5.41, 5.74) is -0.0634. The van der Waals surface area contributed by atoms with Gasteiger partial charge in [-0.1, -0.05) is 12.1 Å². The molecule has 0 aromatic heterocycles. The molecule has 0 aliphatic carbocycles. The van der Waals surface area contributed by atoms with E-state index in [-0.39, 0.29) is 5.69 Å². The summed E-state index contributed by atoms with van der Waals surface area (Å²) in [6.45, 7) is 0. The number of nitrogens with zero attached hydrogens (tertiary/aromatic N) is 2. The van der Waals surface area contributed by atoms with Gasteiger partial charge in [0.05, 0.1) is 4.92 Å². The Labute approximate surface area is 77.8 Å². The standard InChI is InChI=1S/C7H4N2O3S/c10-5-8-13-7-4-2-1-3-6(7)9(11)12/h1-4H. The van der Waals surface area contributed by atoms with E-state index >= 15 is 0 Å². The third-order valence-electron chi connectivity index (χ3n) is 1.24. The van der Waals surface area contributed by atoms with Crippen LogP contribution in [0.3, 0.4) is 0 Å². The largest absolute Gasteiger partial charge is 0.284 e. The van der Waals surface area contributed by atoms with Crippen LogP contribution in [0.4, 0.5) is 5.69 Å². The molecule has 1 aromatic rings. The molecule has 0 saturated heterocycles. The van der Waals surface area contributed by atoms with E-state index in [2.05, 4.69) is 4.40 Å². The fraction of sp³-hybridized carbons (Fsp3) is 0. The topological polar surface area (TPSA) is 72.6 Å². The van der Waals surface area contributed by atoms with Crippen LogP contribution in [0.5, 0.6) is 0 Å². The van der Waals surface area contributed by atoms with Gasteiger partial charge < -0.3 is 0 Å². The van der Waals surface area contributed by atoms with Gasteiger partial charge in [0.1, 0.15) is 4.90 Å². The highest BCUT2D eigenvalue weighted by Crippen LogP contribution is 2.28. The second kappa shape index (κ2) is 4.39. The van der Waals surface area contributed by atoms with Gasteiger partial charge in [0, 0.05) is 18.0 Å². The van der Waals surface area contributed by atoms with Crippen molar-refractivity contribution in [2.75, 3.05) is 0 Å². The van der Waals surface area contributed by atoms with Gasteiger partial charge in [-0.15, -0.1) is 4.40 Å². The number of nitro groups is 1. The summed E-state index contributed by atoms with van der Waals surface area (Å²) >= 11 is 0.735. The molecule has 0 radical (unpaired) electrons. The molecule has 0 atom stereocenters. The number of carbonyl (C=O) groups excluding carboxylic acids is 1.